The highest BCUT2D eigenvalue weighted by molar-refractivity contribution is 7.85. The Bertz CT molecular complexity index is 756. The third-order valence-corrected chi connectivity index (χ3v) is 8.06. The van der Waals surface area contributed by atoms with E-state index in [0.717, 1.165) is 44.1 Å². The van der Waals surface area contributed by atoms with Crippen LogP contribution in [0.25, 0.3) is 0 Å². The van der Waals surface area contributed by atoms with Crippen LogP contribution in [0.15, 0.2) is 0 Å². The molecule has 0 aromatic rings. The van der Waals surface area contributed by atoms with E-state index in [9.17, 15) is 13.2 Å². The van der Waals surface area contributed by atoms with Gasteiger partial charge in [0.15, 0.2) is 0 Å². The molecule has 6 rings (SSSR count). The first kappa shape index (κ1) is 25.3. The SMILES string of the molecule is CCOC(=O)CCNCC1CCC2(CC1)OOC1(O2)C2CC3CC(C2)CC1C3.CS(=O)(=O)O. The summed E-state index contributed by atoms with van der Waals surface area (Å²) in [4.78, 5) is 23.5. The molecule has 33 heavy (non-hydrogen) atoms. The molecule has 0 aromatic carbocycles. The van der Waals surface area contributed by atoms with Crippen molar-refractivity contribution in [2.75, 3.05) is 26.0 Å². The predicted octanol–water partition coefficient (Wildman–Crippen LogP) is 3.05. The Morgan fingerprint density at radius 3 is 2.18 bits per heavy atom. The van der Waals surface area contributed by atoms with E-state index in [0.29, 0.717) is 43.6 Å². The number of esters is 1. The van der Waals surface area contributed by atoms with Gasteiger partial charge in [-0.25, -0.2) is 0 Å². The van der Waals surface area contributed by atoms with E-state index in [1.54, 1.807) is 0 Å². The maximum atomic E-state index is 11.4. The average Bonchev–Trinajstić information content (AvgIpc) is 3.10. The highest BCUT2D eigenvalue weighted by Gasteiger charge is 2.66. The normalized spacial score (nSPS) is 41.2. The lowest BCUT2D eigenvalue weighted by Gasteiger charge is -2.57. The van der Waals surface area contributed by atoms with Gasteiger partial charge in [-0.2, -0.15) is 18.2 Å². The van der Waals surface area contributed by atoms with Crippen molar-refractivity contribution < 1.29 is 37.0 Å². The van der Waals surface area contributed by atoms with Crippen molar-refractivity contribution in [3.05, 3.63) is 0 Å². The Morgan fingerprint density at radius 2 is 1.64 bits per heavy atom. The monoisotopic (exact) mass is 489 g/mol. The summed E-state index contributed by atoms with van der Waals surface area (Å²) in [7, 11) is -3.67. The van der Waals surface area contributed by atoms with Crippen molar-refractivity contribution in [3.8, 4) is 0 Å². The van der Waals surface area contributed by atoms with Crippen LogP contribution in [-0.4, -0.2) is 56.5 Å². The van der Waals surface area contributed by atoms with Crippen LogP contribution in [0.5, 0.6) is 0 Å². The number of ether oxygens (including phenoxy) is 2. The molecule has 9 nitrogen and oxygen atoms in total. The summed E-state index contributed by atoms with van der Waals surface area (Å²) in [5, 5.41) is 3.41. The van der Waals surface area contributed by atoms with Gasteiger partial charge < -0.3 is 14.8 Å². The fourth-order valence-corrected chi connectivity index (χ4v) is 6.85. The number of hydrogen-bond donors (Lipinski definition) is 2. The summed E-state index contributed by atoms with van der Waals surface area (Å²) in [5.74, 6) is 2.38. The smallest absolute Gasteiger partial charge is 0.307 e. The zero-order valence-corrected chi connectivity index (χ0v) is 20.6. The zero-order valence-electron chi connectivity index (χ0n) is 19.8. The van der Waals surface area contributed by atoms with Crippen molar-refractivity contribution >= 4 is 16.1 Å². The number of rotatable bonds is 6. The molecular formula is C23H39NO8S. The van der Waals surface area contributed by atoms with E-state index < -0.39 is 21.7 Å². The number of carbonyl (C=O) groups excluding carboxylic acids is 1. The van der Waals surface area contributed by atoms with Gasteiger partial charge in [0.25, 0.3) is 10.1 Å². The quantitative estimate of drug-likeness (QED) is 0.251. The summed E-state index contributed by atoms with van der Waals surface area (Å²) in [5.41, 5.74) is 0. The zero-order chi connectivity index (χ0) is 23.7. The maximum absolute atomic E-state index is 11.4. The predicted molar refractivity (Wildman–Crippen MR) is 119 cm³/mol. The lowest BCUT2D eigenvalue weighted by molar-refractivity contribution is -0.390. The van der Waals surface area contributed by atoms with Crippen LogP contribution < -0.4 is 5.32 Å². The van der Waals surface area contributed by atoms with Gasteiger partial charge >= 0.3 is 5.97 Å². The molecule has 6 fully saturated rings. The van der Waals surface area contributed by atoms with Gasteiger partial charge in [-0.1, -0.05) is 0 Å². The van der Waals surface area contributed by atoms with Crippen molar-refractivity contribution in [1.82, 2.24) is 5.32 Å². The van der Waals surface area contributed by atoms with E-state index in [1.807, 2.05) is 6.92 Å². The largest absolute Gasteiger partial charge is 0.466 e. The second-order valence-electron chi connectivity index (χ2n) is 10.6. The Balaban J connectivity index is 0.000000471. The Hall–Kier alpha value is -0.780. The minimum Gasteiger partial charge on any atom is -0.466 e. The summed E-state index contributed by atoms with van der Waals surface area (Å²) >= 11 is 0. The summed E-state index contributed by atoms with van der Waals surface area (Å²) in [6, 6.07) is 0. The maximum Gasteiger partial charge on any atom is 0.307 e. The summed E-state index contributed by atoms with van der Waals surface area (Å²) in [6.07, 6.45) is 11.6. The van der Waals surface area contributed by atoms with Crippen LogP contribution in [-0.2, 0) is 34.2 Å². The van der Waals surface area contributed by atoms with E-state index in [4.69, 9.17) is 23.8 Å². The van der Waals surface area contributed by atoms with E-state index in [2.05, 4.69) is 5.32 Å². The molecule has 5 saturated carbocycles. The van der Waals surface area contributed by atoms with Gasteiger partial charge in [0.2, 0.25) is 11.6 Å². The minimum absolute atomic E-state index is 0.122. The third kappa shape index (κ3) is 6.08. The van der Waals surface area contributed by atoms with E-state index in [1.165, 1.54) is 32.1 Å². The molecule has 2 N–H and O–H groups in total. The summed E-state index contributed by atoms with van der Waals surface area (Å²) in [6.45, 7) is 3.92. The molecule has 190 valence electrons. The molecule has 6 aliphatic rings. The molecule has 4 bridgehead atoms. The molecule has 2 spiro atoms. The first-order chi connectivity index (χ1) is 15.6. The molecule has 5 aliphatic carbocycles. The van der Waals surface area contributed by atoms with Crippen LogP contribution in [0.2, 0.25) is 0 Å². The molecule has 10 heteroatoms. The fraction of sp³-hybridized carbons (Fsp3) is 0.957. The van der Waals surface area contributed by atoms with Gasteiger partial charge in [0, 0.05) is 31.2 Å². The first-order valence-corrected chi connectivity index (χ1v) is 14.3. The van der Waals surface area contributed by atoms with Gasteiger partial charge in [0.1, 0.15) is 0 Å². The number of hydrogen-bond acceptors (Lipinski definition) is 8. The lowest BCUT2D eigenvalue weighted by Crippen LogP contribution is -2.59. The van der Waals surface area contributed by atoms with Gasteiger partial charge in [0.05, 0.1) is 19.3 Å². The van der Waals surface area contributed by atoms with Crippen molar-refractivity contribution in [1.29, 1.82) is 0 Å². The number of carbonyl (C=O) groups is 1. The molecule has 1 heterocycles. The lowest BCUT2D eigenvalue weighted by atomic mass is 9.53. The van der Waals surface area contributed by atoms with E-state index in [-0.39, 0.29) is 5.97 Å². The molecule has 0 atom stereocenters. The molecule has 1 saturated heterocycles. The number of nitrogens with one attached hydrogen (secondary N) is 1. The second kappa shape index (κ2) is 10.1. The molecule has 0 amide bonds. The topological polar surface area (TPSA) is 120 Å². The standard InChI is InChI=1S/C22H35NO5.CH4O3S/c1-2-25-20(24)5-8-23-14-15-3-6-21(7-4-15)26-22(28-27-21)18-10-16-9-17(12-18)13-19(22)11-16;1-5(2,3)4/h15-19,23H,2-14H2,1H3;1H3,(H,2,3,4). The molecule has 0 unspecified atom stereocenters. The van der Waals surface area contributed by atoms with Crippen molar-refractivity contribution in [2.45, 2.75) is 82.7 Å². The van der Waals surface area contributed by atoms with Crippen LogP contribution in [0, 0.1) is 29.6 Å². The second-order valence-corrected chi connectivity index (χ2v) is 12.1. The van der Waals surface area contributed by atoms with Crippen LogP contribution in [0.4, 0.5) is 0 Å². The highest BCUT2D eigenvalue weighted by atomic mass is 32.2. The van der Waals surface area contributed by atoms with Gasteiger partial charge in [-0.3, -0.25) is 9.35 Å². The van der Waals surface area contributed by atoms with Crippen LogP contribution >= 0.6 is 0 Å². The molecular weight excluding hydrogens is 450 g/mol. The first-order valence-electron chi connectivity index (χ1n) is 12.5. The average molecular weight is 490 g/mol. The minimum atomic E-state index is -3.67. The third-order valence-electron chi connectivity index (χ3n) is 8.06. The Morgan fingerprint density at radius 1 is 1.06 bits per heavy atom. The van der Waals surface area contributed by atoms with E-state index >= 15 is 0 Å². The molecule has 0 aromatic heterocycles. The Labute approximate surface area is 196 Å². The van der Waals surface area contributed by atoms with Crippen molar-refractivity contribution in [3.63, 3.8) is 0 Å². The Kier molecular flexibility index (Phi) is 7.72. The van der Waals surface area contributed by atoms with Gasteiger partial charge in [-0.05, 0) is 76.2 Å². The van der Waals surface area contributed by atoms with Crippen LogP contribution in [0.1, 0.15) is 71.1 Å². The van der Waals surface area contributed by atoms with Crippen molar-refractivity contribution in [2.24, 2.45) is 29.6 Å². The van der Waals surface area contributed by atoms with Gasteiger partial charge in [-0.15, -0.1) is 0 Å². The fourth-order valence-electron chi connectivity index (χ4n) is 6.85. The molecule has 0 radical (unpaired) electrons. The summed E-state index contributed by atoms with van der Waals surface area (Å²) < 4.78 is 37.6. The van der Waals surface area contributed by atoms with Crippen LogP contribution in [0.3, 0.4) is 0 Å². The highest BCUT2D eigenvalue weighted by Crippen LogP contribution is 2.63. The molecule has 1 aliphatic heterocycles.